The molecule has 0 N–H and O–H groups in total. The van der Waals surface area contributed by atoms with Gasteiger partial charge in [0.25, 0.3) is 0 Å². The Morgan fingerprint density at radius 3 is 3.18 bits per heavy atom. The van der Waals surface area contributed by atoms with Gasteiger partial charge in [-0.15, -0.1) is 11.3 Å². The summed E-state index contributed by atoms with van der Waals surface area (Å²) in [5.41, 5.74) is 1.03. The molecule has 0 radical (unpaired) electrons. The second kappa shape index (κ2) is 6.52. The fourth-order valence-electron chi connectivity index (χ4n) is 1.81. The molecule has 1 aliphatic heterocycles. The lowest BCUT2D eigenvalue weighted by atomic mass is 10.1. The zero-order chi connectivity index (χ0) is 12.1. The normalized spacial score (nSPS) is 19.5. The van der Waals surface area contributed by atoms with Crippen molar-refractivity contribution in [3.05, 3.63) is 20.8 Å². The first-order chi connectivity index (χ1) is 8.24. The van der Waals surface area contributed by atoms with E-state index in [0.29, 0.717) is 13.0 Å². The van der Waals surface area contributed by atoms with E-state index in [-0.39, 0.29) is 12.1 Å². The van der Waals surface area contributed by atoms with Gasteiger partial charge in [-0.1, -0.05) is 0 Å². The molecular formula is C12H15BrO3S. The molecule has 0 aromatic carbocycles. The summed E-state index contributed by atoms with van der Waals surface area (Å²) in [5, 5.41) is 1.98. The monoisotopic (exact) mass is 318 g/mol. The van der Waals surface area contributed by atoms with Crippen LogP contribution in [0.25, 0.3) is 0 Å². The van der Waals surface area contributed by atoms with E-state index in [4.69, 9.17) is 9.47 Å². The first-order valence-corrected chi connectivity index (χ1v) is 7.41. The number of esters is 1. The molecule has 1 aromatic heterocycles. The number of hydrogen-bond donors (Lipinski definition) is 0. The Hall–Kier alpha value is -0.390. The Labute approximate surface area is 113 Å². The van der Waals surface area contributed by atoms with E-state index in [9.17, 15) is 4.79 Å². The highest BCUT2D eigenvalue weighted by atomic mass is 79.9. The van der Waals surface area contributed by atoms with Gasteiger partial charge in [0, 0.05) is 18.6 Å². The van der Waals surface area contributed by atoms with Crippen LogP contribution < -0.4 is 0 Å². The average molecular weight is 319 g/mol. The van der Waals surface area contributed by atoms with Gasteiger partial charge < -0.3 is 9.47 Å². The maximum absolute atomic E-state index is 11.5. The van der Waals surface area contributed by atoms with Crippen molar-refractivity contribution in [1.29, 1.82) is 0 Å². The minimum Gasteiger partial charge on any atom is -0.461 e. The fraction of sp³-hybridized carbons (Fsp3) is 0.583. The van der Waals surface area contributed by atoms with Crippen molar-refractivity contribution in [1.82, 2.24) is 0 Å². The van der Waals surface area contributed by atoms with Crippen LogP contribution in [0.1, 0.15) is 31.2 Å². The second-order valence-electron chi connectivity index (χ2n) is 4.09. The number of carbonyl (C=O) groups excluding carboxylic acids is 1. The molecule has 1 aliphatic rings. The third-order valence-corrected chi connectivity index (χ3v) is 4.27. The third-order valence-electron chi connectivity index (χ3n) is 2.72. The van der Waals surface area contributed by atoms with Crippen LogP contribution in [0.15, 0.2) is 15.2 Å². The lowest BCUT2D eigenvalue weighted by Gasteiger charge is -2.08. The van der Waals surface area contributed by atoms with Gasteiger partial charge >= 0.3 is 5.97 Å². The Morgan fingerprint density at radius 2 is 2.53 bits per heavy atom. The van der Waals surface area contributed by atoms with E-state index in [1.165, 1.54) is 0 Å². The molecule has 17 heavy (non-hydrogen) atoms. The first kappa shape index (κ1) is 13.1. The standard InChI is InChI=1S/C12H15BrO3S/c13-11-6-9(8-17-11)7-16-12(14)4-3-10-2-1-5-15-10/h6,8,10H,1-5,7H2/t10-/m1/s1. The van der Waals surface area contributed by atoms with E-state index >= 15 is 0 Å². The van der Waals surface area contributed by atoms with E-state index < -0.39 is 0 Å². The van der Waals surface area contributed by atoms with Crippen molar-refractivity contribution in [2.45, 2.75) is 38.4 Å². The molecule has 0 aliphatic carbocycles. The minimum atomic E-state index is -0.136. The van der Waals surface area contributed by atoms with Gasteiger partial charge in [-0.3, -0.25) is 4.79 Å². The van der Waals surface area contributed by atoms with Gasteiger partial charge in [0.1, 0.15) is 6.61 Å². The predicted molar refractivity (Wildman–Crippen MR) is 70.0 cm³/mol. The fourth-order valence-corrected chi connectivity index (χ4v) is 3.00. The van der Waals surface area contributed by atoms with Crippen LogP contribution in [0.3, 0.4) is 0 Å². The molecule has 3 nitrogen and oxygen atoms in total. The Kier molecular flexibility index (Phi) is 5.00. The zero-order valence-corrected chi connectivity index (χ0v) is 11.9. The van der Waals surface area contributed by atoms with Crippen LogP contribution in [0.4, 0.5) is 0 Å². The van der Waals surface area contributed by atoms with Crippen molar-refractivity contribution in [2.75, 3.05) is 6.61 Å². The molecule has 0 spiro atoms. The molecule has 0 amide bonds. The predicted octanol–water partition coefficient (Wildman–Crippen LogP) is 3.51. The molecule has 1 saturated heterocycles. The molecule has 1 fully saturated rings. The van der Waals surface area contributed by atoms with E-state index in [1.807, 2.05) is 11.4 Å². The van der Waals surface area contributed by atoms with Crippen LogP contribution >= 0.6 is 27.3 Å². The zero-order valence-electron chi connectivity index (χ0n) is 9.49. The van der Waals surface area contributed by atoms with Gasteiger partial charge in [0.15, 0.2) is 0 Å². The largest absolute Gasteiger partial charge is 0.461 e. The van der Waals surface area contributed by atoms with Gasteiger partial charge in [0.05, 0.1) is 9.89 Å². The molecule has 94 valence electrons. The van der Waals surface area contributed by atoms with Gasteiger partial charge in [0.2, 0.25) is 0 Å². The van der Waals surface area contributed by atoms with Crippen molar-refractivity contribution >= 4 is 33.2 Å². The Bertz CT molecular complexity index is 372. The molecule has 0 saturated carbocycles. The van der Waals surface area contributed by atoms with Gasteiger partial charge in [-0.2, -0.15) is 0 Å². The first-order valence-electron chi connectivity index (χ1n) is 5.74. The number of ether oxygens (including phenoxy) is 2. The summed E-state index contributed by atoms with van der Waals surface area (Å²) in [4.78, 5) is 11.5. The number of thiophene rings is 1. The molecule has 5 heteroatoms. The lowest BCUT2D eigenvalue weighted by Crippen LogP contribution is -2.10. The van der Waals surface area contributed by atoms with E-state index in [0.717, 1.165) is 35.2 Å². The maximum Gasteiger partial charge on any atom is 0.306 e. The minimum absolute atomic E-state index is 0.136. The van der Waals surface area contributed by atoms with Gasteiger partial charge in [-0.25, -0.2) is 0 Å². The number of carbonyl (C=O) groups is 1. The van der Waals surface area contributed by atoms with Crippen LogP contribution in [0.5, 0.6) is 0 Å². The third kappa shape index (κ3) is 4.41. The molecule has 0 unspecified atom stereocenters. The summed E-state index contributed by atoms with van der Waals surface area (Å²) >= 11 is 4.97. The van der Waals surface area contributed by atoms with Crippen LogP contribution in [0.2, 0.25) is 0 Å². The lowest BCUT2D eigenvalue weighted by molar-refractivity contribution is -0.145. The van der Waals surface area contributed by atoms with Crippen molar-refractivity contribution in [3.63, 3.8) is 0 Å². The quantitative estimate of drug-likeness (QED) is 0.779. The molecule has 1 atom stereocenters. The number of hydrogen-bond acceptors (Lipinski definition) is 4. The highest BCUT2D eigenvalue weighted by molar-refractivity contribution is 9.11. The van der Waals surface area contributed by atoms with Crippen molar-refractivity contribution in [2.24, 2.45) is 0 Å². The number of halogens is 1. The summed E-state index contributed by atoms with van der Waals surface area (Å²) in [6.45, 7) is 1.20. The van der Waals surface area contributed by atoms with Gasteiger partial charge in [-0.05, 0) is 46.6 Å². The molecule has 1 aromatic rings. The van der Waals surface area contributed by atoms with Crippen LogP contribution in [-0.4, -0.2) is 18.7 Å². The molecule has 2 heterocycles. The van der Waals surface area contributed by atoms with Crippen LogP contribution in [-0.2, 0) is 20.9 Å². The Morgan fingerprint density at radius 1 is 1.65 bits per heavy atom. The Balaban J connectivity index is 1.63. The summed E-state index contributed by atoms with van der Waals surface area (Å²) in [6.07, 6.45) is 3.69. The highest BCUT2D eigenvalue weighted by Gasteiger charge is 2.17. The summed E-state index contributed by atoms with van der Waals surface area (Å²) in [6, 6.07) is 1.97. The summed E-state index contributed by atoms with van der Waals surface area (Å²) in [5.74, 6) is -0.136. The van der Waals surface area contributed by atoms with E-state index in [2.05, 4.69) is 15.9 Å². The average Bonchev–Trinajstić information content (AvgIpc) is 2.95. The maximum atomic E-state index is 11.5. The van der Waals surface area contributed by atoms with Crippen LogP contribution in [0, 0.1) is 0 Å². The highest BCUT2D eigenvalue weighted by Crippen LogP contribution is 2.21. The SMILES string of the molecule is O=C(CC[C@H]1CCCO1)OCc1csc(Br)c1. The smallest absolute Gasteiger partial charge is 0.306 e. The molecule has 0 bridgehead atoms. The number of rotatable bonds is 5. The van der Waals surface area contributed by atoms with Crippen molar-refractivity contribution in [3.8, 4) is 0 Å². The second-order valence-corrected chi connectivity index (χ2v) is 6.38. The summed E-state index contributed by atoms with van der Waals surface area (Å²) < 4.78 is 11.7. The topological polar surface area (TPSA) is 35.5 Å². The molecular weight excluding hydrogens is 304 g/mol. The summed E-state index contributed by atoms with van der Waals surface area (Å²) in [7, 11) is 0. The van der Waals surface area contributed by atoms with Crippen molar-refractivity contribution < 1.29 is 14.3 Å². The molecule has 2 rings (SSSR count). The van der Waals surface area contributed by atoms with E-state index in [1.54, 1.807) is 11.3 Å².